The molecule has 30 heavy (non-hydrogen) atoms. The Morgan fingerprint density at radius 3 is 2.03 bits per heavy atom. The molecule has 0 aliphatic rings. The number of hydrogen-bond donors (Lipinski definition) is 1. The van der Waals surface area contributed by atoms with Crippen LogP contribution in [0.2, 0.25) is 0 Å². The summed E-state index contributed by atoms with van der Waals surface area (Å²) in [6.07, 6.45) is -2.06. The molecule has 2 aromatic carbocycles. The molecule has 5 nitrogen and oxygen atoms in total. The molecule has 0 saturated carbocycles. The molecule has 1 aromatic heterocycles. The van der Waals surface area contributed by atoms with Gasteiger partial charge in [-0.25, -0.2) is 9.67 Å². The Labute approximate surface area is 174 Å². The molecule has 0 spiro atoms. The first-order chi connectivity index (χ1) is 14.1. The van der Waals surface area contributed by atoms with E-state index in [1.165, 1.54) is 37.1 Å². The minimum Gasteiger partial charge on any atom is -0.406 e. The largest absolute Gasteiger partial charge is 0.573 e. The van der Waals surface area contributed by atoms with Gasteiger partial charge in [-0.3, -0.25) is 0 Å². The van der Waals surface area contributed by atoms with Crippen molar-refractivity contribution in [2.75, 3.05) is 5.73 Å². The minimum absolute atomic E-state index is 0.289. The van der Waals surface area contributed by atoms with Gasteiger partial charge in [0.15, 0.2) is 5.82 Å². The fraction of sp³-hybridized carbons (Fsp3) is 0.364. The molecule has 0 aliphatic carbocycles. The lowest BCUT2D eigenvalue weighted by Crippen LogP contribution is -2.17. The average molecular weight is 420 g/mol. The summed E-state index contributed by atoms with van der Waals surface area (Å²) in [5.74, 6) is 1.75. The summed E-state index contributed by atoms with van der Waals surface area (Å²) in [6, 6.07) is 12.5. The van der Waals surface area contributed by atoms with Gasteiger partial charge in [0.2, 0.25) is 0 Å². The fourth-order valence-corrected chi connectivity index (χ4v) is 2.47. The van der Waals surface area contributed by atoms with Crippen molar-refractivity contribution in [3.05, 3.63) is 54.4 Å². The molecular weight excluding hydrogens is 393 g/mol. The van der Waals surface area contributed by atoms with Crippen LogP contribution in [-0.2, 0) is 0 Å². The maximum atomic E-state index is 12.2. The maximum Gasteiger partial charge on any atom is 0.573 e. The first kappa shape index (κ1) is 23.3. The van der Waals surface area contributed by atoms with E-state index in [0.717, 1.165) is 11.5 Å². The highest BCUT2D eigenvalue weighted by Crippen LogP contribution is 2.24. The van der Waals surface area contributed by atoms with Crippen LogP contribution in [0.15, 0.2) is 48.5 Å². The number of aryl methyl sites for hydroxylation is 1. The zero-order chi connectivity index (χ0) is 22.3. The summed E-state index contributed by atoms with van der Waals surface area (Å²) in [5.41, 5.74) is 7.66. The van der Waals surface area contributed by atoms with E-state index < -0.39 is 6.36 Å². The van der Waals surface area contributed by atoms with Gasteiger partial charge >= 0.3 is 6.36 Å². The van der Waals surface area contributed by atoms with E-state index in [1.54, 1.807) is 35.9 Å². The first-order valence-corrected chi connectivity index (χ1v) is 9.78. The van der Waals surface area contributed by atoms with Gasteiger partial charge in [0.1, 0.15) is 11.6 Å². The number of aromatic nitrogens is 3. The highest BCUT2D eigenvalue weighted by atomic mass is 19.4. The van der Waals surface area contributed by atoms with Gasteiger partial charge in [0.25, 0.3) is 0 Å². The number of nitrogens with two attached hydrogens (primary N) is 1. The number of nitrogens with zero attached hydrogens (tertiary/aromatic N) is 3. The van der Waals surface area contributed by atoms with Crippen molar-refractivity contribution in [2.45, 2.75) is 46.9 Å². The number of hydrogen-bond acceptors (Lipinski definition) is 4. The number of halogens is 3. The van der Waals surface area contributed by atoms with Crippen LogP contribution in [0.1, 0.15) is 39.4 Å². The first-order valence-electron chi connectivity index (χ1n) is 9.78. The van der Waals surface area contributed by atoms with E-state index >= 15 is 0 Å². The summed E-state index contributed by atoms with van der Waals surface area (Å²) < 4.78 is 42.0. The van der Waals surface area contributed by atoms with Crippen LogP contribution < -0.4 is 10.5 Å². The van der Waals surface area contributed by atoms with Crippen molar-refractivity contribution in [1.29, 1.82) is 0 Å². The second-order valence-corrected chi connectivity index (χ2v) is 6.98. The van der Waals surface area contributed by atoms with Crippen LogP contribution in [0.3, 0.4) is 0 Å². The van der Waals surface area contributed by atoms with E-state index in [0.29, 0.717) is 23.0 Å². The smallest absolute Gasteiger partial charge is 0.406 e. The van der Waals surface area contributed by atoms with E-state index in [4.69, 9.17) is 5.73 Å². The maximum absolute atomic E-state index is 12.2. The SMILES string of the molecule is CCC(C)CC.Cc1nc(-c2ccc(N)cc2)nn1-c1ccc(OC(F)(F)F)cc1. The minimum atomic E-state index is -4.72. The van der Waals surface area contributed by atoms with Gasteiger partial charge in [0, 0.05) is 11.3 Å². The van der Waals surface area contributed by atoms with Gasteiger partial charge in [-0.2, -0.15) is 0 Å². The van der Waals surface area contributed by atoms with Gasteiger partial charge in [-0.15, -0.1) is 18.3 Å². The summed E-state index contributed by atoms with van der Waals surface area (Å²) in [6.45, 7) is 8.50. The molecule has 1 heterocycles. The Morgan fingerprint density at radius 1 is 1.00 bits per heavy atom. The summed E-state index contributed by atoms with van der Waals surface area (Å²) in [5, 5.41) is 4.39. The quantitative estimate of drug-likeness (QED) is 0.502. The second kappa shape index (κ2) is 10.1. The molecule has 3 aromatic rings. The Bertz CT molecular complexity index is 915. The number of alkyl halides is 3. The highest BCUT2D eigenvalue weighted by Gasteiger charge is 2.31. The number of anilines is 1. The Hall–Kier alpha value is -3.03. The third-order valence-corrected chi connectivity index (χ3v) is 4.65. The van der Waals surface area contributed by atoms with Gasteiger partial charge < -0.3 is 10.5 Å². The second-order valence-electron chi connectivity index (χ2n) is 6.98. The van der Waals surface area contributed by atoms with Crippen LogP contribution in [0.5, 0.6) is 5.75 Å². The zero-order valence-corrected chi connectivity index (χ0v) is 17.6. The third kappa shape index (κ3) is 6.79. The molecule has 0 unspecified atom stereocenters. The molecule has 0 saturated heterocycles. The Kier molecular flexibility index (Phi) is 7.86. The molecule has 0 bridgehead atoms. The average Bonchev–Trinajstić information content (AvgIpc) is 3.09. The van der Waals surface area contributed by atoms with E-state index in [9.17, 15) is 13.2 Å². The van der Waals surface area contributed by atoms with E-state index in [2.05, 4.69) is 35.6 Å². The Morgan fingerprint density at radius 2 is 1.57 bits per heavy atom. The van der Waals surface area contributed by atoms with Crippen molar-refractivity contribution in [3.63, 3.8) is 0 Å². The standard InChI is InChI=1S/C16H13F3N4O.C6H14/c1-10-21-15(11-2-4-12(20)5-3-11)22-23(10)13-6-8-14(9-7-13)24-16(17,18)19;1-4-6(3)5-2/h2-9H,20H2,1H3;6H,4-5H2,1-3H3. The third-order valence-electron chi connectivity index (χ3n) is 4.65. The normalized spacial score (nSPS) is 11.2. The molecular formula is C22H27F3N4O. The van der Waals surface area contributed by atoms with Gasteiger partial charge in [0.05, 0.1) is 5.69 Å². The van der Waals surface area contributed by atoms with Gasteiger partial charge in [-0.05, 0) is 61.4 Å². The molecule has 0 atom stereocenters. The van der Waals surface area contributed by atoms with Crippen molar-refractivity contribution in [2.24, 2.45) is 5.92 Å². The summed E-state index contributed by atoms with van der Waals surface area (Å²) in [4.78, 5) is 4.37. The van der Waals surface area contributed by atoms with E-state index in [1.807, 2.05) is 0 Å². The number of rotatable bonds is 5. The van der Waals surface area contributed by atoms with Crippen LogP contribution in [0.4, 0.5) is 18.9 Å². The fourth-order valence-electron chi connectivity index (χ4n) is 2.47. The topological polar surface area (TPSA) is 66.0 Å². The van der Waals surface area contributed by atoms with Crippen LogP contribution in [0, 0.1) is 12.8 Å². The van der Waals surface area contributed by atoms with Crippen LogP contribution in [0.25, 0.3) is 17.1 Å². The summed E-state index contributed by atoms with van der Waals surface area (Å²) in [7, 11) is 0. The van der Waals surface area contributed by atoms with Crippen LogP contribution in [-0.4, -0.2) is 21.1 Å². The van der Waals surface area contributed by atoms with Gasteiger partial charge in [-0.1, -0.05) is 33.6 Å². The molecule has 3 rings (SSSR count). The van der Waals surface area contributed by atoms with Crippen molar-refractivity contribution in [1.82, 2.24) is 14.8 Å². The molecule has 0 fully saturated rings. The Balaban J connectivity index is 0.000000469. The lowest BCUT2D eigenvalue weighted by atomic mass is 10.1. The van der Waals surface area contributed by atoms with Crippen molar-refractivity contribution >= 4 is 5.69 Å². The molecule has 0 amide bonds. The van der Waals surface area contributed by atoms with Crippen molar-refractivity contribution in [3.8, 4) is 22.8 Å². The summed E-state index contributed by atoms with van der Waals surface area (Å²) >= 11 is 0. The number of benzene rings is 2. The molecule has 0 aliphatic heterocycles. The lowest BCUT2D eigenvalue weighted by molar-refractivity contribution is -0.274. The number of nitrogen functional groups attached to an aromatic ring is 1. The molecule has 8 heteroatoms. The highest BCUT2D eigenvalue weighted by molar-refractivity contribution is 5.58. The molecule has 0 radical (unpaired) electrons. The molecule has 162 valence electrons. The monoisotopic (exact) mass is 420 g/mol. The van der Waals surface area contributed by atoms with E-state index in [-0.39, 0.29) is 5.75 Å². The predicted molar refractivity (Wildman–Crippen MR) is 112 cm³/mol. The van der Waals surface area contributed by atoms with Crippen LogP contribution >= 0.6 is 0 Å². The lowest BCUT2D eigenvalue weighted by Gasteiger charge is -2.09. The van der Waals surface area contributed by atoms with Crippen molar-refractivity contribution < 1.29 is 17.9 Å². The zero-order valence-electron chi connectivity index (χ0n) is 17.6. The number of ether oxygens (including phenoxy) is 1. The molecule has 2 N–H and O–H groups in total. The predicted octanol–water partition coefficient (Wildman–Crippen LogP) is 6.17.